The molecule has 0 bridgehead atoms. The van der Waals surface area contributed by atoms with E-state index >= 15 is 0 Å². The molecule has 4 nitrogen and oxygen atoms in total. The van der Waals surface area contributed by atoms with Crippen LogP contribution in [0.5, 0.6) is 0 Å². The normalized spacial score (nSPS) is 10.1. The first-order valence-electron chi connectivity index (χ1n) is 6.60. The van der Waals surface area contributed by atoms with Crippen LogP contribution in [0.2, 0.25) is 0 Å². The van der Waals surface area contributed by atoms with Crippen LogP contribution < -0.4 is 10.6 Å². The largest absolute Gasteiger partial charge is 0.347 e. The zero-order chi connectivity index (χ0) is 15.9. The third-order valence-corrected chi connectivity index (χ3v) is 3.40. The summed E-state index contributed by atoms with van der Waals surface area (Å²) in [7, 11) is 0. The molecule has 0 aromatic heterocycles. The van der Waals surface area contributed by atoms with Crippen molar-refractivity contribution in [3.63, 3.8) is 0 Å². The number of amides is 2. The second-order valence-corrected chi connectivity index (χ2v) is 5.52. The van der Waals surface area contributed by atoms with E-state index in [4.69, 9.17) is 0 Å². The average Bonchev–Trinajstić information content (AvgIpc) is 2.50. The lowest BCUT2D eigenvalue weighted by Crippen LogP contribution is -2.33. The molecule has 114 valence electrons. The van der Waals surface area contributed by atoms with E-state index in [-0.39, 0.29) is 24.6 Å². The number of benzene rings is 2. The van der Waals surface area contributed by atoms with Crippen molar-refractivity contribution in [1.82, 2.24) is 5.32 Å². The number of carbonyl (C=O) groups excluding carboxylic acids is 2. The van der Waals surface area contributed by atoms with Gasteiger partial charge >= 0.3 is 0 Å². The van der Waals surface area contributed by atoms with Gasteiger partial charge in [-0.15, -0.1) is 0 Å². The second kappa shape index (κ2) is 7.70. The summed E-state index contributed by atoms with van der Waals surface area (Å²) in [5, 5.41) is 4.90. The van der Waals surface area contributed by atoms with Crippen LogP contribution in [0, 0.1) is 5.82 Å². The van der Waals surface area contributed by atoms with Gasteiger partial charge in [0.2, 0.25) is 11.8 Å². The van der Waals surface area contributed by atoms with E-state index in [2.05, 4.69) is 26.6 Å². The molecule has 0 unspecified atom stereocenters. The lowest BCUT2D eigenvalue weighted by Gasteiger charge is -2.08. The van der Waals surface area contributed by atoms with Gasteiger partial charge in [0, 0.05) is 4.47 Å². The van der Waals surface area contributed by atoms with E-state index in [1.54, 1.807) is 6.07 Å². The summed E-state index contributed by atoms with van der Waals surface area (Å²) < 4.78 is 14.3. The summed E-state index contributed by atoms with van der Waals surface area (Å²) in [5.74, 6) is -1.27. The van der Waals surface area contributed by atoms with Crippen molar-refractivity contribution in [2.75, 3.05) is 11.9 Å². The van der Waals surface area contributed by atoms with Gasteiger partial charge in [0.05, 0.1) is 18.7 Å². The molecule has 22 heavy (non-hydrogen) atoms. The zero-order valence-corrected chi connectivity index (χ0v) is 13.2. The quantitative estimate of drug-likeness (QED) is 0.856. The highest BCUT2D eigenvalue weighted by molar-refractivity contribution is 9.10. The smallest absolute Gasteiger partial charge is 0.243 e. The number of anilines is 1. The van der Waals surface area contributed by atoms with Crippen LogP contribution in [0.3, 0.4) is 0 Å². The van der Waals surface area contributed by atoms with Gasteiger partial charge in [-0.1, -0.05) is 40.2 Å². The Bertz CT molecular complexity index is 674. The van der Waals surface area contributed by atoms with E-state index in [1.165, 1.54) is 18.2 Å². The Labute approximate surface area is 135 Å². The minimum atomic E-state index is -0.517. The first-order valence-corrected chi connectivity index (χ1v) is 7.39. The summed E-state index contributed by atoms with van der Waals surface area (Å²) in [6, 6.07) is 13.2. The highest BCUT2D eigenvalue weighted by atomic mass is 79.9. The van der Waals surface area contributed by atoms with Gasteiger partial charge in [-0.25, -0.2) is 4.39 Å². The number of halogens is 2. The van der Waals surface area contributed by atoms with Crippen LogP contribution in [0.4, 0.5) is 10.1 Å². The molecular formula is C16H14BrFN2O2. The number of hydrogen-bond donors (Lipinski definition) is 2. The summed E-state index contributed by atoms with van der Waals surface area (Å²) in [6.07, 6.45) is 0.181. The second-order valence-electron chi connectivity index (χ2n) is 4.61. The molecule has 0 spiro atoms. The Hall–Kier alpha value is -2.21. The monoisotopic (exact) mass is 364 g/mol. The summed E-state index contributed by atoms with van der Waals surface area (Å²) in [4.78, 5) is 23.4. The first-order chi connectivity index (χ1) is 10.5. The van der Waals surface area contributed by atoms with E-state index in [0.717, 1.165) is 10.0 Å². The lowest BCUT2D eigenvalue weighted by atomic mass is 10.1. The SMILES string of the molecule is O=C(Cc1ccc(Br)cc1)NCC(=O)Nc1ccccc1F. The average molecular weight is 365 g/mol. The van der Waals surface area contributed by atoms with Crippen LogP contribution in [0.25, 0.3) is 0 Å². The van der Waals surface area contributed by atoms with Crippen LogP contribution in [0.15, 0.2) is 53.0 Å². The molecule has 0 saturated carbocycles. The number of rotatable bonds is 5. The molecule has 0 heterocycles. The van der Waals surface area contributed by atoms with Crippen molar-refractivity contribution in [3.05, 3.63) is 64.4 Å². The molecule has 0 aliphatic carbocycles. The van der Waals surface area contributed by atoms with Crippen molar-refractivity contribution < 1.29 is 14.0 Å². The van der Waals surface area contributed by atoms with Gasteiger partial charge in [-0.05, 0) is 29.8 Å². The van der Waals surface area contributed by atoms with E-state index in [0.29, 0.717) is 0 Å². The Morgan fingerprint density at radius 1 is 1.00 bits per heavy atom. The van der Waals surface area contributed by atoms with Crippen molar-refractivity contribution in [2.24, 2.45) is 0 Å². The molecule has 2 rings (SSSR count). The summed E-state index contributed by atoms with van der Waals surface area (Å²) in [5.41, 5.74) is 0.935. The third kappa shape index (κ3) is 4.96. The number of para-hydroxylation sites is 1. The highest BCUT2D eigenvalue weighted by Gasteiger charge is 2.08. The number of carbonyl (C=O) groups is 2. The maximum Gasteiger partial charge on any atom is 0.243 e. The van der Waals surface area contributed by atoms with Crippen LogP contribution >= 0.6 is 15.9 Å². The Balaban J connectivity index is 1.79. The fourth-order valence-corrected chi connectivity index (χ4v) is 2.05. The first kappa shape index (κ1) is 16.2. The van der Waals surface area contributed by atoms with Gasteiger partial charge in [0.1, 0.15) is 5.82 Å². The van der Waals surface area contributed by atoms with E-state index < -0.39 is 11.7 Å². The Morgan fingerprint density at radius 2 is 1.68 bits per heavy atom. The Morgan fingerprint density at radius 3 is 2.36 bits per heavy atom. The molecule has 6 heteroatoms. The van der Waals surface area contributed by atoms with Gasteiger partial charge < -0.3 is 10.6 Å². The van der Waals surface area contributed by atoms with Gasteiger partial charge in [-0.2, -0.15) is 0 Å². The fourth-order valence-electron chi connectivity index (χ4n) is 1.79. The summed E-state index contributed by atoms with van der Waals surface area (Å²) >= 11 is 3.31. The third-order valence-electron chi connectivity index (χ3n) is 2.87. The van der Waals surface area contributed by atoms with Crippen LogP contribution in [-0.2, 0) is 16.0 Å². The van der Waals surface area contributed by atoms with Crippen molar-refractivity contribution in [2.45, 2.75) is 6.42 Å². The standard InChI is InChI=1S/C16H14BrFN2O2/c17-12-7-5-11(6-8-12)9-15(21)19-10-16(22)20-14-4-2-1-3-13(14)18/h1-8H,9-10H2,(H,19,21)(H,20,22). The fraction of sp³-hybridized carbons (Fsp3) is 0.125. The molecule has 0 atom stereocenters. The Kier molecular flexibility index (Phi) is 5.66. The number of nitrogens with one attached hydrogen (secondary N) is 2. The molecule has 2 aromatic rings. The van der Waals surface area contributed by atoms with E-state index in [9.17, 15) is 14.0 Å². The number of hydrogen-bond acceptors (Lipinski definition) is 2. The maximum absolute atomic E-state index is 13.4. The maximum atomic E-state index is 13.4. The topological polar surface area (TPSA) is 58.2 Å². The molecule has 0 saturated heterocycles. The minimum Gasteiger partial charge on any atom is -0.347 e. The molecule has 2 aromatic carbocycles. The highest BCUT2D eigenvalue weighted by Crippen LogP contribution is 2.12. The predicted molar refractivity (Wildman–Crippen MR) is 85.9 cm³/mol. The zero-order valence-electron chi connectivity index (χ0n) is 11.6. The lowest BCUT2D eigenvalue weighted by molar-refractivity contribution is -0.123. The minimum absolute atomic E-state index is 0.0923. The molecule has 0 fully saturated rings. The van der Waals surface area contributed by atoms with Gasteiger partial charge in [-0.3, -0.25) is 9.59 Å². The molecule has 0 aliphatic heterocycles. The molecule has 0 radical (unpaired) electrons. The van der Waals surface area contributed by atoms with Crippen LogP contribution in [-0.4, -0.2) is 18.4 Å². The molecule has 0 aliphatic rings. The molecule has 2 N–H and O–H groups in total. The van der Waals surface area contributed by atoms with Crippen LogP contribution in [0.1, 0.15) is 5.56 Å². The van der Waals surface area contributed by atoms with Gasteiger partial charge in [0.25, 0.3) is 0 Å². The van der Waals surface area contributed by atoms with E-state index in [1.807, 2.05) is 24.3 Å². The molecular weight excluding hydrogens is 351 g/mol. The van der Waals surface area contributed by atoms with Gasteiger partial charge in [0.15, 0.2) is 0 Å². The van der Waals surface area contributed by atoms with Crippen molar-refractivity contribution in [3.8, 4) is 0 Å². The van der Waals surface area contributed by atoms with Crippen molar-refractivity contribution >= 4 is 33.4 Å². The molecule has 2 amide bonds. The van der Waals surface area contributed by atoms with Crippen molar-refractivity contribution in [1.29, 1.82) is 0 Å². The predicted octanol–water partition coefficient (Wildman–Crippen LogP) is 2.89. The summed E-state index contributed by atoms with van der Waals surface area (Å²) in [6.45, 7) is -0.205.